The maximum atomic E-state index is 12.4. The molecule has 2 unspecified atom stereocenters. The van der Waals surface area contributed by atoms with Crippen LogP contribution in [0, 0.1) is 0 Å². The minimum absolute atomic E-state index is 0.277. The van der Waals surface area contributed by atoms with E-state index in [0.717, 1.165) is 23.1 Å². The lowest BCUT2D eigenvalue weighted by atomic mass is 9.99. The molecular formula is C22H27ClN3O9PS. The van der Waals surface area contributed by atoms with Gasteiger partial charge in [0, 0.05) is 29.1 Å². The van der Waals surface area contributed by atoms with Crippen molar-refractivity contribution in [3.8, 4) is 5.75 Å². The quantitative estimate of drug-likeness (QED) is 0.196. The SMILES string of the molecule is CC(C)OC(=O)C(C)NP(=S)(O/C=C1/O[C@@H](n2ccc(=O)[nH]c2=O)[C@](C)(O)[C@@H]1O)Oc1ccc(Cl)cc1. The Morgan fingerprint density at radius 3 is 2.54 bits per heavy atom. The molecule has 12 nitrogen and oxygen atoms in total. The highest BCUT2D eigenvalue weighted by atomic mass is 35.5. The van der Waals surface area contributed by atoms with Crippen molar-refractivity contribution in [3.05, 3.63) is 74.4 Å². The van der Waals surface area contributed by atoms with Gasteiger partial charge in [0.05, 0.1) is 6.10 Å². The van der Waals surface area contributed by atoms with E-state index in [2.05, 4.69) is 10.1 Å². The zero-order valence-corrected chi connectivity index (χ0v) is 22.8. The van der Waals surface area contributed by atoms with Crippen molar-refractivity contribution in [3.63, 3.8) is 0 Å². The van der Waals surface area contributed by atoms with Gasteiger partial charge in [0.15, 0.2) is 11.4 Å². The number of aliphatic hydroxyl groups is 2. The van der Waals surface area contributed by atoms with Gasteiger partial charge in [0.1, 0.15) is 24.2 Å². The zero-order chi connectivity index (χ0) is 27.5. The van der Waals surface area contributed by atoms with Gasteiger partial charge >= 0.3 is 18.3 Å². The minimum Gasteiger partial charge on any atom is -0.465 e. The highest BCUT2D eigenvalue weighted by Crippen LogP contribution is 2.47. The number of rotatable bonds is 9. The summed E-state index contributed by atoms with van der Waals surface area (Å²) in [6, 6.07) is 6.35. The van der Waals surface area contributed by atoms with E-state index in [4.69, 9.17) is 41.9 Å². The lowest BCUT2D eigenvalue weighted by molar-refractivity contribution is -0.149. The predicted octanol–water partition coefficient (Wildman–Crippen LogP) is 1.92. The summed E-state index contributed by atoms with van der Waals surface area (Å²) in [5.41, 5.74) is -3.50. The van der Waals surface area contributed by atoms with E-state index in [9.17, 15) is 24.6 Å². The molecule has 3 rings (SSSR count). The number of esters is 1. The molecule has 1 aliphatic heterocycles. The molecule has 4 N–H and O–H groups in total. The van der Waals surface area contributed by atoms with Crippen LogP contribution >= 0.6 is 18.2 Å². The van der Waals surface area contributed by atoms with Crippen LogP contribution in [0.5, 0.6) is 5.75 Å². The van der Waals surface area contributed by atoms with Crippen molar-refractivity contribution < 1.29 is 33.5 Å². The Balaban J connectivity index is 1.89. The Kier molecular flexibility index (Phi) is 8.89. The fourth-order valence-corrected chi connectivity index (χ4v) is 5.60. The van der Waals surface area contributed by atoms with Crippen molar-refractivity contribution in [2.24, 2.45) is 0 Å². The van der Waals surface area contributed by atoms with Crippen LogP contribution in [0.4, 0.5) is 0 Å². The molecule has 0 bridgehead atoms. The molecule has 0 aliphatic carbocycles. The Morgan fingerprint density at radius 2 is 1.95 bits per heavy atom. The van der Waals surface area contributed by atoms with Crippen molar-refractivity contribution >= 4 is 36.0 Å². The summed E-state index contributed by atoms with van der Waals surface area (Å²) in [5.74, 6) is -0.598. The highest BCUT2D eigenvalue weighted by molar-refractivity contribution is 8.09. The summed E-state index contributed by atoms with van der Waals surface area (Å²) in [7, 11) is 0. The number of ether oxygens (including phenoxy) is 2. The van der Waals surface area contributed by atoms with E-state index in [0.29, 0.717) is 5.02 Å². The fraction of sp³-hybridized carbons (Fsp3) is 0.409. The first kappa shape index (κ1) is 28.9. The van der Waals surface area contributed by atoms with Crippen molar-refractivity contribution in [1.82, 2.24) is 14.6 Å². The number of aromatic amines is 1. The number of benzene rings is 1. The molecule has 202 valence electrons. The number of aromatic nitrogens is 2. The van der Waals surface area contributed by atoms with E-state index in [1.54, 1.807) is 38.1 Å². The molecule has 1 aromatic carbocycles. The Labute approximate surface area is 222 Å². The third kappa shape index (κ3) is 7.01. The maximum absolute atomic E-state index is 12.4. The Morgan fingerprint density at radius 1 is 1.30 bits per heavy atom. The van der Waals surface area contributed by atoms with Crippen LogP contribution in [0.1, 0.15) is 33.9 Å². The average Bonchev–Trinajstić information content (AvgIpc) is 3.02. The molecule has 1 fully saturated rings. The molecule has 0 saturated carbocycles. The van der Waals surface area contributed by atoms with E-state index < -0.39 is 47.8 Å². The van der Waals surface area contributed by atoms with Gasteiger partial charge in [-0.15, -0.1) is 0 Å². The van der Waals surface area contributed by atoms with E-state index in [1.165, 1.54) is 13.8 Å². The number of aliphatic hydroxyl groups excluding tert-OH is 1. The van der Waals surface area contributed by atoms with Crippen LogP contribution in [0.3, 0.4) is 0 Å². The van der Waals surface area contributed by atoms with Crippen LogP contribution in [0.15, 0.2) is 58.1 Å². The van der Waals surface area contributed by atoms with Crippen LogP contribution in [-0.2, 0) is 30.6 Å². The fourth-order valence-electron chi connectivity index (χ4n) is 3.24. The molecule has 0 amide bonds. The number of carbonyl (C=O) groups excluding carboxylic acids is 1. The molecule has 2 heterocycles. The lowest BCUT2D eigenvalue weighted by Crippen LogP contribution is -2.45. The molecule has 37 heavy (non-hydrogen) atoms. The molecule has 1 saturated heterocycles. The summed E-state index contributed by atoms with van der Waals surface area (Å²) in [4.78, 5) is 38.0. The van der Waals surface area contributed by atoms with Crippen LogP contribution < -0.4 is 20.9 Å². The van der Waals surface area contributed by atoms with E-state index in [1.807, 2.05) is 0 Å². The average molecular weight is 576 g/mol. The van der Waals surface area contributed by atoms with Gasteiger partial charge in [-0.05, 0) is 52.0 Å². The first-order valence-electron chi connectivity index (χ1n) is 11.0. The van der Waals surface area contributed by atoms with E-state index in [-0.39, 0.29) is 17.6 Å². The van der Waals surface area contributed by atoms with Gasteiger partial charge < -0.3 is 28.7 Å². The molecule has 2 aromatic rings. The van der Waals surface area contributed by atoms with Crippen molar-refractivity contribution in [2.75, 3.05) is 0 Å². The number of halogens is 1. The summed E-state index contributed by atoms with van der Waals surface area (Å²) in [6.07, 6.45) is -1.37. The van der Waals surface area contributed by atoms with Gasteiger partial charge in [-0.3, -0.25) is 19.1 Å². The second-order valence-corrected chi connectivity index (χ2v) is 12.1. The van der Waals surface area contributed by atoms with Crippen LogP contribution in [0.2, 0.25) is 5.02 Å². The smallest absolute Gasteiger partial charge is 0.365 e. The molecule has 0 spiro atoms. The third-order valence-electron chi connectivity index (χ3n) is 5.08. The van der Waals surface area contributed by atoms with Gasteiger partial charge in [-0.1, -0.05) is 11.6 Å². The largest absolute Gasteiger partial charge is 0.465 e. The van der Waals surface area contributed by atoms with Crippen molar-refractivity contribution in [1.29, 1.82) is 0 Å². The maximum Gasteiger partial charge on any atom is 0.365 e. The summed E-state index contributed by atoms with van der Waals surface area (Å²) < 4.78 is 23.3. The Bertz CT molecular complexity index is 1330. The topological polar surface area (TPSA) is 161 Å². The minimum atomic E-state index is -3.56. The lowest BCUT2D eigenvalue weighted by Gasteiger charge is -2.26. The normalized spacial score (nSPS) is 24.8. The summed E-state index contributed by atoms with van der Waals surface area (Å²) in [5, 5.41) is 24.8. The summed E-state index contributed by atoms with van der Waals surface area (Å²) in [6.45, 7) is 2.58. The number of hydrogen-bond acceptors (Lipinski definition) is 10. The third-order valence-corrected chi connectivity index (χ3v) is 7.67. The zero-order valence-electron chi connectivity index (χ0n) is 20.3. The number of hydrogen-bond donors (Lipinski definition) is 4. The van der Waals surface area contributed by atoms with Crippen LogP contribution in [0.25, 0.3) is 0 Å². The van der Waals surface area contributed by atoms with Crippen LogP contribution in [-0.4, -0.2) is 49.6 Å². The molecule has 5 atom stereocenters. The number of H-pyrrole nitrogens is 1. The van der Waals surface area contributed by atoms with Gasteiger partial charge in [-0.25, -0.2) is 9.88 Å². The number of nitrogens with zero attached hydrogens (tertiary/aromatic N) is 1. The first-order chi connectivity index (χ1) is 17.2. The van der Waals surface area contributed by atoms with Gasteiger partial charge in [0.25, 0.3) is 5.56 Å². The molecule has 15 heteroatoms. The second kappa shape index (κ2) is 11.4. The summed E-state index contributed by atoms with van der Waals surface area (Å²) >= 11 is 11.5. The molecular weight excluding hydrogens is 549 g/mol. The number of carbonyl (C=O) groups is 1. The molecule has 1 aromatic heterocycles. The molecule has 1 aliphatic rings. The second-order valence-electron chi connectivity index (χ2n) is 8.62. The molecule has 0 radical (unpaired) electrons. The monoisotopic (exact) mass is 575 g/mol. The predicted molar refractivity (Wildman–Crippen MR) is 137 cm³/mol. The first-order valence-corrected chi connectivity index (χ1v) is 14.0. The standard InChI is InChI=1S/C22H27ClN3O9PS/c1-12(2)33-19(29)13(3)25-36(37,35-15-7-5-14(23)6-8-15)32-11-16-18(28)22(4,31)20(34-16)26-10-9-17(27)24-21(26)30/h5-13,18,20,28,31H,1-4H3,(H,25,37)(H,24,27,30)/b16-11+/t13?,18-,20-,22-,36?/m1/s1. The van der Waals surface area contributed by atoms with Gasteiger partial charge in [-0.2, -0.15) is 0 Å². The van der Waals surface area contributed by atoms with E-state index >= 15 is 0 Å². The van der Waals surface area contributed by atoms with Crippen molar-refractivity contribution in [2.45, 2.75) is 57.8 Å². The Hall–Kier alpha value is -2.67. The van der Waals surface area contributed by atoms with Gasteiger partial charge in [0.2, 0.25) is 6.23 Å². The highest BCUT2D eigenvalue weighted by Gasteiger charge is 2.52. The number of nitrogens with one attached hydrogen (secondary N) is 2.